The fourth-order valence-electron chi connectivity index (χ4n) is 2.80. The first kappa shape index (κ1) is 17.3. The van der Waals surface area contributed by atoms with E-state index in [-0.39, 0.29) is 19.0 Å². The van der Waals surface area contributed by atoms with Gasteiger partial charge in [-0.2, -0.15) is 0 Å². The molecule has 1 saturated carbocycles. The molecule has 1 aliphatic carbocycles. The van der Waals surface area contributed by atoms with E-state index in [9.17, 15) is 13.6 Å². The molecular weight excluding hydrogens is 356 g/mol. The van der Waals surface area contributed by atoms with Gasteiger partial charge in [-0.1, -0.05) is 0 Å². The monoisotopic (exact) mass is 375 g/mol. The van der Waals surface area contributed by atoms with E-state index in [2.05, 4.69) is 10.3 Å². The van der Waals surface area contributed by atoms with Crippen LogP contribution in [0.15, 0.2) is 41.3 Å². The molecule has 2 fully saturated rings. The number of amides is 1. The number of aryl methyl sites for hydroxylation is 1. The van der Waals surface area contributed by atoms with Crippen LogP contribution in [-0.4, -0.2) is 35.2 Å². The van der Waals surface area contributed by atoms with Gasteiger partial charge in [0.2, 0.25) is 0 Å². The van der Waals surface area contributed by atoms with E-state index in [0.29, 0.717) is 17.2 Å². The van der Waals surface area contributed by atoms with Gasteiger partial charge in [0.05, 0.1) is 13.1 Å². The molecule has 1 aromatic carbocycles. The van der Waals surface area contributed by atoms with Crippen LogP contribution in [-0.2, 0) is 0 Å². The lowest BCUT2D eigenvalue weighted by Crippen LogP contribution is -2.56. The van der Waals surface area contributed by atoms with Gasteiger partial charge >= 0.3 is 0 Å². The van der Waals surface area contributed by atoms with E-state index in [1.54, 1.807) is 24.3 Å². The summed E-state index contributed by atoms with van der Waals surface area (Å²) in [6.45, 7) is 1.18. The molecule has 0 radical (unpaired) electrons. The summed E-state index contributed by atoms with van der Waals surface area (Å²) in [5.41, 5.74) is 1.40. The van der Waals surface area contributed by atoms with Gasteiger partial charge in [0, 0.05) is 15.7 Å². The van der Waals surface area contributed by atoms with Crippen molar-refractivity contribution >= 4 is 29.3 Å². The van der Waals surface area contributed by atoms with Crippen LogP contribution < -0.4 is 10.2 Å². The molecule has 2 aromatic rings. The Hall–Kier alpha value is -2.15. The summed E-state index contributed by atoms with van der Waals surface area (Å²) in [7, 11) is 0. The zero-order chi connectivity index (χ0) is 18.3. The molecule has 0 spiro atoms. The van der Waals surface area contributed by atoms with Crippen LogP contribution in [0, 0.1) is 6.92 Å². The maximum absolute atomic E-state index is 13.1. The molecule has 2 aliphatic rings. The van der Waals surface area contributed by atoms with Gasteiger partial charge in [-0.3, -0.25) is 4.79 Å². The van der Waals surface area contributed by atoms with Crippen molar-refractivity contribution in [1.29, 1.82) is 0 Å². The zero-order valence-electron chi connectivity index (χ0n) is 14.3. The van der Waals surface area contributed by atoms with Gasteiger partial charge < -0.3 is 10.2 Å². The number of thioether (sulfide) groups is 1. The van der Waals surface area contributed by atoms with Gasteiger partial charge in [0.1, 0.15) is 11.6 Å². The molecule has 0 atom stereocenters. The minimum atomic E-state index is -2.66. The van der Waals surface area contributed by atoms with E-state index in [1.165, 1.54) is 22.6 Å². The normalized spacial score (nSPS) is 18.3. The van der Waals surface area contributed by atoms with Crippen LogP contribution in [0.25, 0.3) is 0 Å². The summed E-state index contributed by atoms with van der Waals surface area (Å²) in [5.74, 6) is -2.08. The highest BCUT2D eigenvalue weighted by Crippen LogP contribution is 2.39. The standard InChI is InChI=1S/C19H19F2N3OS/c1-12-8-16(22-17(9-12)24-10-19(20,21)11-24)23-18(25)13-2-4-14(5-3-13)26-15-6-7-15/h2-5,8-9,15H,6-7,10-11H2,1H3,(H,22,23,25). The molecule has 2 heterocycles. The molecule has 1 aliphatic heterocycles. The topological polar surface area (TPSA) is 45.2 Å². The minimum absolute atomic E-state index is 0.258. The number of carbonyl (C=O) groups is 1. The average molecular weight is 375 g/mol. The fraction of sp³-hybridized carbons (Fsp3) is 0.368. The number of aromatic nitrogens is 1. The molecule has 1 N–H and O–H groups in total. The number of carbonyl (C=O) groups excluding carboxylic acids is 1. The quantitative estimate of drug-likeness (QED) is 0.844. The van der Waals surface area contributed by atoms with E-state index in [1.807, 2.05) is 30.8 Å². The molecule has 26 heavy (non-hydrogen) atoms. The Kier molecular flexibility index (Phi) is 4.34. The smallest absolute Gasteiger partial charge is 0.282 e. The van der Waals surface area contributed by atoms with Crippen LogP contribution in [0.4, 0.5) is 20.4 Å². The third-order valence-electron chi connectivity index (χ3n) is 4.31. The Labute approximate surface area is 155 Å². The number of nitrogens with one attached hydrogen (secondary N) is 1. The molecule has 1 amide bonds. The first-order chi connectivity index (χ1) is 12.4. The van der Waals surface area contributed by atoms with Crippen molar-refractivity contribution < 1.29 is 13.6 Å². The number of halogens is 2. The highest BCUT2D eigenvalue weighted by atomic mass is 32.2. The first-order valence-electron chi connectivity index (χ1n) is 8.57. The highest BCUT2D eigenvalue weighted by Gasteiger charge is 2.44. The SMILES string of the molecule is Cc1cc(NC(=O)c2ccc(SC3CC3)cc2)nc(N2CC(F)(F)C2)c1. The van der Waals surface area contributed by atoms with Crippen LogP contribution in [0.1, 0.15) is 28.8 Å². The third kappa shape index (κ3) is 3.98. The van der Waals surface area contributed by atoms with Gasteiger partial charge in [-0.15, -0.1) is 11.8 Å². The van der Waals surface area contributed by atoms with Crippen LogP contribution in [0.2, 0.25) is 0 Å². The molecule has 0 unspecified atom stereocenters. The zero-order valence-corrected chi connectivity index (χ0v) is 15.2. The first-order valence-corrected chi connectivity index (χ1v) is 9.45. The molecular formula is C19H19F2N3OS. The average Bonchev–Trinajstić information content (AvgIpc) is 3.36. The summed E-state index contributed by atoms with van der Waals surface area (Å²) in [6.07, 6.45) is 2.52. The van der Waals surface area contributed by atoms with Crippen molar-refractivity contribution in [1.82, 2.24) is 4.98 Å². The fourth-order valence-corrected chi connectivity index (χ4v) is 3.85. The lowest BCUT2D eigenvalue weighted by Gasteiger charge is -2.39. The number of anilines is 2. The second-order valence-electron chi connectivity index (χ2n) is 6.90. The second-order valence-corrected chi connectivity index (χ2v) is 8.27. The van der Waals surface area contributed by atoms with Crippen LogP contribution >= 0.6 is 11.8 Å². The predicted octanol–water partition coefficient (Wildman–Crippen LogP) is 4.35. The lowest BCUT2D eigenvalue weighted by molar-refractivity contribution is -0.0267. The number of pyridine rings is 1. The lowest BCUT2D eigenvalue weighted by atomic mass is 10.1. The predicted molar refractivity (Wildman–Crippen MR) is 99.4 cm³/mol. The summed E-state index contributed by atoms with van der Waals surface area (Å²) in [6, 6.07) is 11.0. The van der Waals surface area contributed by atoms with E-state index >= 15 is 0 Å². The van der Waals surface area contributed by atoms with Crippen LogP contribution in [0.3, 0.4) is 0 Å². The molecule has 136 valence electrons. The number of rotatable bonds is 5. The number of hydrogen-bond donors (Lipinski definition) is 1. The van der Waals surface area contributed by atoms with Gasteiger partial charge in [0.15, 0.2) is 0 Å². The Bertz CT molecular complexity index is 829. The van der Waals surface area contributed by atoms with Crippen molar-refractivity contribution in [2.75, 3.05) is 23.3 Å². The van der Waals surface area contributed by atoms with E-state index in [0.717, 1.165) is 10.8 Å². The highest BCUT2D eigenvalue weighted by molar-refractivity contribution is 8.00. The van der Waals surface area contributed by atoms with Crippen LogP contribution in [0.5, 0.6) is 0 Å². The molecule has 1 saturated heterocycles. The van der Waals surface area contributed by atoms with E-state index in [4.69, 9.17) is 0 Å². The van der Waals surface area contributed by atoms with Crippen molar-refractivity contribution in [2.24, 2.45) is 0 Å². The minimum Gasteiger partial charge on any atom is -0.344 e. The van der Waals surface area contributed by atoms with Gasteiger partial charge in [-0.25, -0.2) is 13.8 Å². The van der Waals surface area contributed by atoms with Gasteiger partial charge in [-0.05, 0) is 61.7 Å². The Morgan fingerprint density at radius 3 is 2.54 bits per heavy atom. The van der Waals surface area contributed by atoms with E-state index < -0.39 is 5.92 Å². The maximum atomic E-state index is 13.1. The van der Waals surface area contributed by atoms with Crippen molar-refractivity contribution in [3.8, 4) is 0 Å². The summed E-state index contributed by atoms with van der Waals surface area (Å²) >= 11 is 1.84. The third-order valence-corrected chi connectivity index (χ3v) is 5.66. The molecule has 1 aromatic heterocycles. The van der Waals surface area contributed by atoms with Crippen molar-refractivity contribution in [2.45, 2.75) is 35.8 Å². The number of hydrogen-bond acceptors (Lipinski definition) is 4. The Morgan fingerprint density at radius 2 is 1.92 bits per heavy atom. The van der Waals surface area contributed by atoms with Crippen molar-refractivity contribution in [3.63, 3.8) is 0 Å². The molecule has 0 bridgehead atoms. The summed E-state index contributed by atoms with van der Waals surface area (Å²) in [5, 5.41) is 3.49. The largest absolute Gasteiger partial charge is 0.344 e. The number of nitrogens with zero attached hydrogens (tertiary/aromatic N) is 2. The molecule has 4 nitrogen and oxygen atoms in total. The van der Waals surface area contributed by atoms with Gasteiger partial charge in [0.25, 0.3) is 11.8 Å². The summed E-state index contributed by atoms with van der Waals surface area (Å²) in [4.78, 5) is 19.4. The second kappa shape index (κ2) is 6.54. The van der Waals surface area contributed by atoms with Crippen molar-refractivity contribution in [3.05, 3.63) is 47.5 Å². The summed E-state index contributed by atoms with van der Waals surface area (Å²) < 4.78 is 26.2. The Morgan fingerprint density at radius 1 is 1.23 bits per heavy atom. The Balaban J connectivity index is 1.44. The number of benzene rings is 1. The molecule has 7 heteroatoms. The maximum Gasteiger partial charge on any atom is 0.282 e. The molecule has 4 rings (SSSR count). The number of alkyl halides is 2.